The number of thioether (sulfide) groups is 1. The molecule has 0 spiro atoms. The molecule has 0 radical (unpaired) electrons. The summed E-state index contributed by atoms with van der Waals surface area (Å²) in [4.78, 5) is 12.5. The van der Waals surface area contributed by atoms with Crippen LogP contribution in [0.25, 0.3) is 0 Å². The first kappa shape index (κ1) is 19.6. The Labute approximate surface area is 160 Å². The zero-order valence-electron chi connectivity index (χ0n) is 14.1. The third-order valence-electron chi connectivity index (χ3n) is 3.19. The minimum Gasteiger partial charge on any atom is -0.495 e. The van der Waals surface area contributed by atoms with Crippen LogP contribution < -0.4 is 15.4 Å². The highest BCUT2D eigenvalue weighted by molar-refractivity contribution is 8.02. The van der Waals surface area contributed by atoms with Gasteiger partial charge in [0.1, 0.15) is 5.75 Å². The summed E-state index contributed by atoms with van der Waals surface area (Å²) in [5.41, 5.74) is 1.45. The van der Waals surface area contributed by atoms with Crippen molar-refractivity contribution in [3.8, 4) is 5.75 Å². The van der Waals surface area contributed by atoms with Crippen molar-refractivity contribution in [2.45, 2.75) is 23.4 Å². The van der Waals surface area contributed by atoms with Crippen LogP contribution in [0.4, 0.5) is 10.8 Å². The first-order valence-corrected chi connectivity index (χ1v) is 9.52. The highest BCUT2D eigenvalue weighted by Crippen LogP contribution is 2.33. The van der Waals surface area contributed by atoms with Gasteiger partial charge in [-0.25, -0.2) is 0 Å². The molecule has 1 aromatic carbocycles. The average Bonchev–Trinajstić information content (AvgIpc) is 3.03. The molecular weight excluding hydrogens is 380 g/mol. The Bertz CT molecular complexity index is 767. The van der Waals surface area contributed by atoms with Crippen LogP contribution in [0.3, 0.4) is 0 Å². The Hall–Kier alpha value is -1.77. The summed E-state index contributed by atoms with van der Waals surface area (Å²) in [5.74, 6) is 0.369. The summed E-state index contributed by atoms with van der Waals surface area (Å²) >= 11 is 8.83. The number of anilines is 2. The lowest BCUT2D eigenvalue weighted by Gasteiger charge is -2.14. The largest absolute Gasteiger partial charge is 0.495 e. The van der Waals surface area contributed by atoms with Crippen molar-refractivity contribution < 1.29 is 9.53 Å². The standard InChI is InChI=1S/C16H19ClN4O2S2/c1-5-6-18-15-20-21-16(25-15)24-10(3)14(22)19-12-7-9(2)11(17)8-13(12)23-4/h5,7-8,10H,1,6H2,2-4H3,(H,18,20)(H,19,22)/t10-/m0/s1. The zero-order valence-corrected chi connectivity index (χ0v) is 16.5. The average molecular weight is 399 g/mol. The fourth-order valence-corrected chi connectivity index (χ4v) is 3.91. The van der Waals surface area contributed by atoms with Gasteiger partial charge in [0.25, 0.3) is 0 Å². The summed E-state index contributed by atoms with van der Waals surface area (Å²) in [7, 11) is 1.54. The van der Waals surface area contributed by atoms with Gasteiger partial charge in [-0.15, -0.1) is 16.8 Å². The summed E-state index contributed by atoms with van der Waals surface area (Å²) in [6.45, 7) is 7.94. The van der Waals surface area contributed by atoms with E-state index in [1.54, 1.807) is 18.2 Å². The van der Waals surface area contributed by atoms with E-state index in [0.717, 1.165) is 5.56 Å². The number of rotatable bonds is 8. The Morgan fingerprint density at radius 3 is 2.96 bits per heavy atom. The predicted octanol–water partition coefficient (Wildman–Crippen LogP) is 4.23. The van der Waals surface area contributed by atoms with Gasteiger partial charge in [-0.2, -0.15) is 0 Å². The molecule has 0 aliphatic heterocycles. The second-order valence-corrected chi connectivity index (χ2v) is 8.07. The van der Waals surface area contributed by atoms with Gasteiger partial charge in [0.05, 0.1) is 18.0 Å². The quantitative estimate of drug-likeness (QED) is 0.512. The number of benzene rings is 1. The molecule has 2 aromatic rings. The van der Waals surface area contributed by atoms with Crippen LogP contribution >= 0.6 is 34.7 Å². The second-order valence-electron chi connectivity index (χ2n) is 5.09. The number of carbonyl (C=O) groups is 1. The van der Waals surface area contributed by atoms with Crippen LogP contribution in [0.15, 0.2) is 29.1 Å². The van der Waals surface area contributed by atoms with E-state index in [1.165, 1.54) is 30.2 Å². The molecule has 1 amide bonds. The molecule has 0 unspecified atom stereocenters. The number of nitrogens with zero attached hydrogens (tertiary/aromatic N) is 2. The van der Waals surface area contributed by atoms with Crippen LogP contribution in [0, 0.1) is 6.92 Å². The fraction of sp³-hybridized carbons (Fsp3) is 0.312. The van der Waals surface area contributed by atoms with Gasteiger partial charge in [0.15, 0.2) is 4.34 Å². The van der Waals surface area contributed by atoms with Crippen LogP contribution in [0.5, 0.6) is 5.75 Å². The van der Waals surface area contributed by atoms with Crippen molar-refractivity contribution in [3.05, 3.63) is 35.4 Å². The molecule has 9 heteroatoms. The Balaban J connectivity index is 2.02. The zero-order chi connectivity index (χ0) is 18.4. The van der Waals surface area contributed by atoms with E-state index in [-0.39, 0.29) is 11.2 Å². The Morgan fingerprint density at radius 2 is 2.28 bits per heavy atom. The predicted molar refractivity (Wildman–Crippen MR) is 105 cm³/mol. The normalized spacial score (nSPS) is 11.7. The van der Waals surface area contributed by atoms with E-state index >= 15 is 0 Å². The molecule has 0 bridgehead atoms. The van der Waals surface area contributed by atoms with E-state index in [9.17, 15) is 4.79 Å². The summed E-state index contributed by atoms with van der Waals surface area (Å²) in [6, 6.07) is 3.48. The van der Waals surface area contributed by atoms with Gasteiger partial charge in [0.2, 0.25) is 11.0 Å². The first-order chi connectivity index (χ1) is 11.9. The van der Waals surface area contributed by atoms with Gasteiger partial charge in [0, 0.05) is 17.6 Å². The number of aryl methyl sites for hydroxylation is 1. The molecule has 0 saturated carbocycles. The van der Waals surface area contributed by atoms with E-state index < -0.39 is 0 Å². The van der Waals surface area contributed by atoms with E-state index in [2.05, 4.69) is 27.4 Å². The van der Waals surface area contributed by atoms with Gasteiger partial charge in [-0.3, -0.25) is 4.79 Å². The molecular formula is C16H19ClN4O2S2. The van der Waals surface area contributed by atoms with E-state index in [1.807, 2.05) is 13.8 Å². The highest BCUT2D eigenvalue weighted by Gasteiger charge is 2.19. The number of hydrogen-bond donors (Lipinski definition) is 2. The third-order valence-corrected chi connectivity index (χ3v) is 5.66. The van der Waals surface area contributed by atoms with E-state index in [4.69, 9.17) is 16.3 Å². The molecule has 1 atom stereocenters. The molecule has 2 N–H and O–H groups in total. The third kappa shape index (κ3) is 5.35. The number of methoxy groups -OCH3 is 1. The topological polar surface area (TPSA) is 76.1 Å². The molecule has 0 fully saturated rings. The van der Waals surface area contributed by atoms with Gasteiger partial charge in [-0.1, -0.05) is 40.8 Å². The maximum Gasteiger partial charge on any atom is 0.237 e. The second kappa shape index (κ2) is 9.07. The van der Waals surface area contributed by atoms with E-state index in [0.29, 0.717) is 32.5 Å². The van der Waals surface area contributed by atoms with Crippen molar-refractivity contribution in [3.63, 3.8) is 0 Å². The van der Waals surface area contributed by atoms with Crippen LogP contribution in [-0.2, 0) is 4.79 Å². The SMILES string of the molecule is C=CCNc1nnc(S[C@@H](C)C(=O)Nc2cc(C)c(Cl)cc2OC)s1. The van der Waals surface area contributed by atoms with Crippen molar-refractivity contribution in [1.82, 2.24) is 10.2 Å². The number of carbonyl (C=O) groups excluding carboxylic acids is 1. The molecule has 25 heavy (non-hydrogen) atoms. The smallest absolute Gasteiger partial charge is 0.237 e. The lowest BCUT2D eigenvalue weighted by molar-refractivity contribution is -0.115. The molecule has 1 aromatic heterocycles. The molecule has 134 valence electrons. The van der Waals surface area contributed by atoms with Crippen molar-refractivity contribution >= 4 is 51.4 Å². The number of nitrogens with one attached hydrogen (secondary N) is 2. The van der Waals surface area contributed by atoms with Crippen molar-refractivity contribution in [1.29, 1.82) is 0 Å². The Morgan fingerprint density at radius 1 is 1.52 bits per heavy atom. The van der Waals surface area contributed by atoms with Gasteiger partial charge >= 0.3 is 0 Å². The number of halogens is 1. The summed E-state index contributed by atoms with van der Waals surface area (Å²) in [5, 5.41) is 15.0. The number of aromatic nitrogens is 2. The first-order valence-electron chi connectivity index (χ1n) is 7.44. The number of ether oxygens (including phenoxy) is 1. The number of amides is 1. The lowest BCUT2D eigenvalue weighted by Crippen LogP contribution is -2.22. The molecule has 2 rings (SSSR count). The lowest BCUT2D eigenvalue weighted by atomic mass is 10.2. The van der Waals surface area contributed by atoms with Crippen molar-refractivity contribution in [2.24, 2.45) is 0 Å². The molecule has 6 nitrogen and oxygen atoms in total. The summed E-state index contributed by atoms with van der Waals surface area (Å²) < 4.78 is 5.99. The Kier molecular flexibility index (Phi) is 7.10. The van der Waals surface area contributed by atoms with Crippen LogP contribution in [0.1, 0.15) is 12.5 Å². The molecule has 0 aliphatic carbocycles. The van der Waals surface area contributed by atoms with Gasteiger partial charge < -0.3 is 15.4 Å². The van der Waals surface area contributed by atoms with Gasteiger partial charge in [-0.05, 0) is 25.5 Å². The minimum atomic E-state index is -0.346. The maximum absolute atomic E-state index is 12.5. The highest BCUT2D eigenvalue weighted by atomic mass is 35.5. The molecule has 1 heterocycles. The fourth-order valence-electron chi connectivity index (χ4n) is 1.86. The summed E-state index contributed by atoms with van der Waals surface area (Å²) in [6.07, 6.45) is 1.74. The van der Waals surface area contributed by atoms with Crippen LogP contribution in [-0.4, -0.2) is 35.0 Å². The molecule has 0 saturated heterocycles. The minimum absolute atomic E-state index is 0.152. The van der Waals surface area contributed by atoms with Crippen molar-refractivity contribution in [2.75, 3.05) is 24.3 Å². The maximum atomic E-state index is 12.5. The number of hydrogen-bond acceptors (Lipinski definition) is 7. The monoisotopic (exact) mass is 398 g/mol. The molecule has 0 aliphatic rings. The van der Waals surface area contributed by atoms with Crippen LogP contribution in [0.2, 0.25) is 5.02 Å².